The van der Waals surface area contributed by atoms with Gasteiger partial charge in [0, 0.05) is 18.5 Å². The molecule has 1 saturated carbocycles. The average Bonchev–Trinajstić information content (AvgIpc) is 2.48. The standard InChI is InChI=1S/C15H25F2N/c1-11(2)7-14-8-13(9-15(13,16)17)10-18(14)6-5-12(14,3)4/h11H,5-10H2,1-4H3/t13-,14+/m0/s1. The highest BCUT2D eigenvalue weighted by molar-refractivity contribution is 5.25. The highest BCUT2D eigenvalue weighted by atomic mass is 19.3. The van der Waals surface area contributed by atoms with Crippen molar-refractivity contribution in [3.63, 3.8) is 0 Å². The van der Waals surface area contributed by atoms with E-state index in [9.17, 15) is 8.78 Å². The smallest absolute Gasteiger partial charge is 0.255 e. The van der Waals surface area contributed by atoms with Crippen molar-refractivity contribution in [1.82, 2.24) is 4.90 Å². The highest BCUT2D eigenvalue weighted by Crippen LogP contribution is 2.72. The zero-order valence-corrected chi connectivity index (χ0v) is 12.0. The van der Waals surface area contributed by atoms with E-state index in [1.807, 2.05) is 0 Å². The van der Waals surface area contributed by atoms with Crippen LogP contribution in [0.15, 0.2) is 0 Å². The molecule has 0 radical (unpaired) electrons. The summed E-state index contributed by atoms with van der Waals surface area (Å²) < 4.78 is 27.5. The Morgan fingerprint density at radius 1 is 1.17 bits per heavy atom. The molecule has 1 nitrogen and oxygen atoms in total. The average molecular weight is 257 g/mol. The topological polar surface area (TPSA) is 3.24 Å². The summed E-state index contributed by atoms with van der Waals surface area (Å²) in [5, 5.41) is 0. The van der Waals surface area contributed by atoms with Gasteiger partial charge in [-0.3, -0.25) is 4.90 Å². The number of rotatable bonds is 2. The zero-order chi connectivity index (χ0) is 13.4. The molecule has 2 heterocycles. The minimum Gasteiger partial charge on any atom is -0.296 e. The first-order chi connectivity index (χ1) is 8.14. The fourth-order valence-corrected chi connectivity index (χ4v) is 4.75. The van der Waals surface area contributed by atoms with Gasteiger partial charge in [-0.05, 0) is 37.1 Å². The predicted molar refractivity (Wildman–Crippen MR) is 68.8 cm³/mol. The molecule has 2 atom stereocenters. The number of alkyl halides is 2. The van der Waals surface area contributed by atoms with Crippen molar-refractivity contribution in [2.75, 3.05) is 13.1 Å². The second-order valence-corrected chi connectivity index (χ2v) is 8.02. The molecule has 1 spiro atoms. The monoisotopic (exact) mass is 257 g/mol. The first-order valence-corrected chi connectivity index (χ1v) is 7.27. The van der Waals surface area contributed by atoms with Crippen molar-refractivity contribution in [1.29, 1.82) is 0 Å². The van der Waals surface area contributed by atoms with E-state index in [1.54, 1.807) is 0 Å². The van der Waals surface area contributed by atoms with Gasteiger partial charge in [0.05, 0.1) is 5.41 Å². The maximum Gasteiger partial charge on any atom is 0.255 e. The summed E-state index contributed by atoms with van der Waals surface area (Å²) in [6, 6.07) is 0. The molecular formula is C15H25F2N. The van der Waals surface area contributed by atoms with Gasteiger partial charge in [-0.2, -0.15) is 0 Å². The van der Waals surface area contributed by atoms with Gasteiger partial charge in [0.2, 0.25) is 0 Å². The molecule has 18 heavy (non-hydrogen) atoms. The number of hydrogen-bond donors (Lipinski definition) is 0. The first kappa shape index (κ1) is 12.8. The summed E-state index contributed by atoms with van der Waals surface area (Å²) in [7, 11) is 0. The van der Waals surface area contributed by atoms with Crippen molar-refractivity contribution < 1.29 is 8.78 Å². The lowest BCUT2D eigenvalue weighted by Crippen LogP contribution is -2.48. The van der Waals surface area contributed by atoms with Crippen LogP contribution in [-0.2, 0) is 0 Å². The Hall–Kier alpha value is -0.180. The van der Waals surface area contributed by atoms with Crippen LogP contribution in [-0.4, -0.2) is 29.5 Å². The maximum absolute atomic E-state index is 13.7. The molecule has 3 rings (SSSR count). The van der Waals surface area contributed by atoms with Crippen LogP contribution < -0.4 is 0 Å². The van der Waals surface area contributed by atoms with Crippen LogP contribution in [0.25, 0.3) is 0 Å². The van der Waals surface area contributed by atoms with Gasteiger partial charge in [0.15, 0.2) is 0 Å². The molecule has 0 aromatic carbocycles. The summed E-state index contributed by atoms with van der Waals surface area (Å²) in [6.45, 7) is 10.7. The molecule has 104 valence electrons. The zero-order valence-electron chi connectivity index (χ0n) is 12.0. The van der Waals surface area contributed by atoms with Crippen molar-refractivity contribution in [2.24, 2.45) is 16.7 Å². The van der Waals surface area contributed by atoms with Gasteiger partial charge in [-0.25, -0.2) is 8.78 Å². The normalized spacial score (nSPS) is 44.8. The predicted octanol–water partition coefficient (Wildman–Crippen LogP) is 3.93. The number of hydrogen-bond acceptors (Lipinski definition) is 1. The molecule has 0 unspecified atom stereocenters. The van der Waals surface area contributed by atoms with Crippen LogP contribution in [0.1, 0.15) is 53.4 Å². The van der Waals surface area contributed by atoms with Gasteiger partial charge in [-0.15, -0.1) is 0 Å². The third kappa shape index (κ3) is 1.40. The number of fused-ring (bicyclic) bond motifs is 1. The maximum atomic E-state index is 13.7. The minimum absolute atomic E-state index is 0.0289. The highest BCUT2D eigenvalue weighted by Gasteiger charge is 2.78. The van der Waals surface area contributed by atoms with E-state index < -0.39 is 11.3 Å². The van der Waals surface area contributed by atoms with Crippen molar-refractivity contribution in [2.45, 2.75) is 64.8 Å². The SMILES string of the molecule is CC(C)C[C@]12C[C@@]3(CN1CCC2(C)C)CC3(F)F. The number of nitrogens with zero attached hydrogens (tertiary/aromatic N) is 1. The molecule has 2 saturated heterocycles. The summed E-state index contributed by atoms with van der Waals surface area (Å²) >= 11 is 0. The minimum atomic E-state index is -2.39. The molecule has 3 aliphatic rings. The summed E-state index contributed by atoms with van der Waals surface area (Å²) in [6.07, 6.45) is 3.07. The van der Waals surface area contributed by atoms with Crippen LogP contribution in [0.2, 0.25) is 0 Å². The van der Waals surface area contributed by atoms with E-state index in [4.69, 9.17) is 0 Å². The van der Waals surface area contributed by atoms with Crippen molar-refractivity contribution in [3.05, 3.63) is 0 Å². The fraction of sp³-hybridized carbons (Fsp3) is 1.00. The molecule has 0 N–H and O–H groups in total. The van der Waals surface area contributed by atoms with E-state index in [0.717, 1.165) is 25.8 Å². The molecule has 0 aromatic rings. The molecule has 1 aliphatic carbocycles. The quantitative estimate of drug-likeness (QED) is 0.724. The summed E-state index contributed by atoms with van der Waals surface area (Å²) in [5.74, 6) is -1.82. The van der Waals surface area contributed by atoms with Crippen LogP contribution in [0, 0.1) is 16.7 Å². The number of halogens is 2. The van der Waals surface area contributed by atoms with Crippen LogP contribution in [0.3, 0.4) is 0 Å². The Kier molecular flexibility index (Phi) is 2.34. The molecule has 0 aromatic heterocycles. The van der Waals surface area contributed by atoms with E-state index in [0.29, 0.717) is 12.5 Å². The van der Waals surface area contributed by atoms with Gasteiger partial charge < -0.3 is 0 Å². The molecular weight excluding hydrogens is 232 g/mol. The Morgan fingerprint density at radius 2 is 1.78 bits per heavy atom. The second-order valence-electron chi connectivity index (χ2n) is 8.02. The van der Waals surface area contributed by atoms with E-state index in [1.165, 1.54) is 0 Å². The third-order valence-corrected chi connectivity index (χ3v) is 5.95. The lowest BCUT2D eigenvalue weighted by Gasteiger charge is -2.44. The van der Waals surface area contributed by atoms with E-state index in [2.05, 4.69) is 32.6 Å². The third-order valence-electron chi connectivity index (χ3n) is 5.95. The lowest BCUT2D eigenvalue weighted by molar-refractivity contribution is 0.0541. The van der Waals surface area contributed by atoms with Crippen molar-refractivity contribution in [3.8, 4) is 0 Å². The largest absolute Gasteiger partial charge is 0.296 e. The van der Waals surface area contributed by atoms with Gasteiger partial charge >= 0.3 is 0 Å². The Morgan fingerprint density at radius 3 is 2.28 bits per heavy atom. The molecule has 3 fully saturated rings. The molecule has 0 bridgehead atoms. The van der Waals surface area contributed by atoms with E-state index >= 15 is 0 Å². The Labute approximate surface area is 109 Å². The summed E-state index contributed by atoms with van der Waals surface area (Å²) in [5.41, 5.74) is -0.458. The Balaban J connectivity index is 1.94. The van der Waals surface area contributed by atoms with Gasteiger partial charge in [0.1, 0.15) is 0 Å². The fourth-order valence-electron chi connectivity index (χ4n) is 4.75. The Bertz CT molecular complexity index is 377. The van der Waals surface area contributed by atoms with Crippen molar-refractivity contribution >= 4 is 0 Å². The molecule has 3 heteroatoms. The van der Waals surface area contributed by atoms with Gasteiger partial charge in [0.25, 0.3) is 5.92 Å². The molecule has 2 aliphatic heterocycles. The summed E-state index contributed by atoms with van der Waals surface area (Å²) in [4.78, 5) is 2.41. The molecule has 0 amide bonds. The first-order valence-electron chi connectivity index (χ1n) is 7.27. The van der Waals surface area contributed by atoms with Crippen LogP contribution in [0.5, 0.6) is 0 Å². The van der Waals surface area contributed by atoms with Gasteiger partial charge in [-0.1, -0.05) is 27.7 Å². The van der Waals surface area contributed by atoms with Crippen LogP contribution >= 0.6 is 0 Å². The lowest BCUT2D eigenvalue weighted by atomic mass is 9.66. The second kappa shape index (κ2) is 3.28. The van der Waals surface area contributed by atoms with Crippen LogP contribution in [0.4, 0.5) is 8.78 Å². The van der Waals surface area contributed by atoms with E-state index in [-0.39, 0.29) is 17.4 Å².